The van der Waals surface area contributed by atoms with Crippen molar-refractivity contribution in [1.29, 1.82) is 0 Å². The molecule has 0 aromatic heterocycles. The van der Waals surface area contributed by atoms with E-state index in [-0.39, 0.29) is 4.90 Å². The Bertz CT molecular complexity index is 561. The zero-order chi connectivity index (χ0) is 14.7. The third-order valence-electron chi connectivity index (χ3n) is 1.99. The molecule has 0 heterocycles. The van der Waals surface area contributed by atoms with Gasteiger partial charge in [-0.15, -0.1) is 0 Å². The largest absolute Gasteiger partial charge is 0.459 e. The maximum atomic E-state index is 11.9. The lowest BCUT2D eigenvalue weighted by Crippen LogP contribution is -2.34. The number of hydrogen-bond donors (Lipinski definition) is 2. The second-order valence-electron chi connectivity index (χ2n) is 4.98. The van der Waals surface area contributed by atoms with Crippen LogP contribution in [0.1, 0.15) is 20.8 Å². The van der Waals surface area contributed by atoms with Gasteiger partial charge in [-0.25, -0.2) is 8.42 Å². The van der Waals surface area contributed by atoms with Crippen LogP contribution in [0.25, 0.3) is 0 Å². The second-order valence-corrected chi connectivity index (χ2v) is 6.75. The van der Waals surface area contributed by atoms with Gasteiger partial charge < -0.3 is 10.5 Å². The Morgan fingerprint density at radius 2 is 2.00 bits per heavy atom. The number of benzene rings is 1. The van der Waals surface area contributed by atoms with Crippen LogP contribution in [0.4, 0.5) is 5.69 Å². The van der Waals surface area contributed by atoms with Crippen molar-refractivity contribution in [3.05, 3.63) is 24.3 Å². The molecule has 0 spiro atoms. The molecule has 0 saturated heterocycles. The first-order chi connectivity index (χ1) is 8.60. The minimum Gasteiger partial charge on any atom is -0.459 e. The number of nitrogens with one attached hydrogen (secondary N) is 1. The number of carbonyl (C=O) groups is 1. The predicted molar refractivity (Wildman–Crippen MR) is 71.9 cm³/mol. The number of sulfonamides is 1. The van der Waals surface area contributed by atoms with Crippen molar-refractivity contribution in [2.75, 3.05) is 12.3 Å². The van der Waals surface area contributed by atoms with E-state index in [0.717, 1.165) is 0 Å². The predicted octanol–water partition coefficient (Wildman–Crippen LogP) is 0.889. The van der Waals surface area contributed by atoms with Crippen molar-refractivity contribution in [3.63, 3.8) is 0 Å². The maximum absolute atomic E-state index is 11.9. The van der Waals surface area contributed by atoms with E-state index < -0.39 is 28.1 Å². The third-order valence-corrected chi connectivity index (χ3v) is 3.39. The van der Waals surface area contributed by atoms with Crippen molar-refractivity contribution >= 4 is 21.7 Å². The summed E-state index contributed by atoms with van der Waals surface area (Å²) in [6, 6.07) is 5.81. The number of hydrogen-bond acceptors (Lipinski definition) is 5. The second kappa shape index (κ2) is 5.58. The van der Waals surface area contributed by atoms with Crippen molar-refractivity contribution in [2.45, 2.75) is 31.3 Å². The molecular formula is C12H18N2O4S. The molecule has 0 aliphatic heterocycles. The van der Waals surface area contributed by atoms with Crippen LogP contribution in [0.3, 0.4) is 0 Å². The maximum Gasteiger partial charge on any atom is 0.321 e. The Hall–Kier alpha value is -1.60. The molecule has 0 saturated carbocycles. The highest BCUT2D eigenvalue weighted by atomic mass is 32.2. The Labute approximate surface area is 113 Å². The smallest absolute Gasteiger partial charge is 0.321 e. The number of ether oxygens (including phenoxy) is 1. The van der Waals surface area contributed by atoms with Gasteiger partial charge in [0.25, 0.3) is 0 Å². The number of rotatable bonds is 4. The number of esters is 1. The van der Waals surface area contributed by atoms with E-state index in [0.29, 0.717) is 5.69 Å². The first-order valence-electron chi connectivity index (χ1n) is 5.67. The molecule has 0 radical (unpaired) electrons. The molecule has 1 aromatic carbocycles. The normalized spacial score (nSPS) is 12.2. The number of nitrogens with two attached hydrogens (primary N) is 1. The monoisotopic (exact) mass is 286 g/mol. The molecule has 19 heavy (non-hydrogen) atoms. The first-order valence-corrected chi connectivity index (χ1v) is 7.15. The Morgan fingerprint density at radius 3 is 2.53 bits per heavy atom. The lowest BCUT2D eigenvalue weighted by molar-refractivity contribution is -0.153. The molecule has 0 aliphatic carbocycles. The zero-order valence-electron chi connectivity index (χ0n) is 11.1. The molecule has 0 unspecified atom stereocenters. The van der Waals surface area contributed by atoms with Crippen molar-refractivity contribution in [1.82, 2.24) is 4.72 Å². The summed E-state index contributed by atoms with van der Waals surface area (Å²) in [7, 11) is -3.76. The quantitative estimate of drug-likeness (QED) is 0.632. The lowest BCUT2D eigenvalue weighted by Gasteiger charge is -2.19. The molecule has 0 amide bonds. The van der Waals surface area contributed by atoms with Crippen LogP contribution >= 0.6 is 0 Å². The van der Waals surface area contributed by atoms with E-state index in [9.17, 15) is 13.2 Å². The molecule has 0 aliphatic rings. The lowest BCUT2D eigenvalue weighted by atomic mass is 10.2. The SMILES string of the molecule is CC(C)(C)OC(=O)CNS(=O)(=O)c1cccc(N)c1. The van der Waals surface area contributed by atoms with E-state index in [4.69, 9.17) is 10.5 Å². The molecular weight excluding hydrogens is 268 g/mol. The topological polar surface area (TPSA) is 98.5 Å². The zero-order valence-corrected chi connectivity index (χ0v) is 12.0. The van der Waals surface area contributed by atoms with Gasteiger partial charge in [0, 0.05) is 5.69 Å². The standard InChI is InChI=1S/C12H18N2O4S/c1-12(2,3)18-11(15)8-14-19(16,17)10-6-4-5-9(13)7-10/h4-7,14H,8,13H2,1-3H3. The summed E-state index contributed by atoms with van der Waals surface area (Å²) < 4.78 is 30.9. The number of carbonyl (C=O) groups excluding carboxylic acids is 1. The average molecular weight is 286 g/mol. The average Bonchev–Trinajstić information content (AvgIpc) is 2.24. The number of nitrogen functional groups attached to an aromatic ring is 1. The van der Waals surface area contributed by atoms with Crippen molar-refractivity contribution < 1.29 is 17.9 Å². The van der Waals surface area contributed by atoms with Crippen LogP contribution in [0.5, 0.6) is 0 Å². The van der Waals surface area contributed by atoms with Gasteiger partial charge in [-0.3, -0.25) is 4.79 Å². The molecule has 0 atom stereocenters. The summed E-state index contributed by atoms with van der Waals surface area (Å²) in [4.78, 5) is 11.4. The number of anilines is 1. The van der Waals surface area contributed by atoms with Gasteiger partial charge in [-0.1, -0.05) is 6.07 Å². The van der Waals surface area contributed by atoms with Crippen LogP contribution in [0.2, 0.25) is 0 Å². The van der Waals surface area contributed by atoms with E-state index in [2.05, 4.69) is 4.72 Å². The van der Waals surface area contributed by atoms with Gasteiger partial charge >= 0.3 is 5.97 Å². The van der Waals surface area contributed by atoms with Crippen LogP contribution in [-0.4, -0.2) is 26.5 Å². The molecule has 0 bridgehead atoms. The fourth-order valence-corrected chi connectivity index (χ4v) is 2.32. The highest BCUT2D eigenvalue weighted by Crippen LogP contribution is 2.12. The molecule has 3 N–H and O–H groups in total. The molecule has 0 fully saturated rings. The summed E-state index contributed by atoms with van der Waals surface area (Å²) >= 11 is 0. The summed E-state index contributed by atoms with van der Waals surface area (Å²) in [6.45, 7) is 4.69. The van der Waals surface area contributed by atoms with Crippen LogP contribution in [0.15, 0.2) is 29.2 Å². The fourth-order valence-electron chi connectivity index (χ4n) is 1.30. The highest BCUT2D eigenvalue weighted by Gasteiger charge is 2.20. The van der Waals surface area contributed by atoms with Crippen LogP contribution in [-0.2, 0) is 19.6 Å². The molecule has 1 rings (SSSR count). The molecule has 7 heteroatoms. The van der Waals surface area contributed by atoms with Gasteiger partial charge in [-0.2, -0.15) is 4.72 Å². The molecule has 1 aromatic rings. The third kappa shape index (κ3) is 5.27. The molecule has 6 nitrogen and oxygen atoms in total. The fraction of sp³-hybridized carbons (Fsp3) is 0.417. The van der Waals surface area contributed by atoms with Gasteiger partial charge in [0.15, 0.2) is 0 Å². The van der Waals surface area contributed by atoms with Crippen LogP contribution < -0.4 is 10.5 Å². The van der Waals surface area contributed by atoms with E-state index >= 15 is 0 Å². The minimum atomic E-state index is -3.76. The summed E-state index contributed by atoms with van der Waals surface area (Å²) in [5.74, 6) is -0.639. The van der Waals surface area contributed by atoms with Gasteiger partial charge in [0.05, 0.1) is 4.90 Å². The van der Waals surface area contributed by atoms with Gasteiger partial charge in [-0.05, 0) is 39.0 Å². The Morgan fingerprint density at radius 1 is 1.37 bits per heavy atom. The molecule has 106 valence electrons. The first kappa shape index (κ1) is 15.5. The van der Waals surface area contributed by atoms with Crippen LogP contribution in [0, 0.1) is 0 Å². The van der Waals surface area contributed by atoms with E-state index in [1.807, 2.05) is 0 Å². The van der Waals surface area contributed by atoms with E-state index in [1.165, 1.54) is 18.2 Å². The minimum absolute atomic E-state index is 0.0102. The Kier molecular flexibility index (Phi) is 4.54. The summed E-state index contributed by atoms with van der Waals surface area (Å²) in [5, 5.41) is 0. The van der Waals surface area contributed by atoms with Crippen molar-refractivity contribution in [3.8, 4) is 0 Å². The van der Waals surface area contributed by atoms with Crippen molar-refractivity contribution in [2.24, 2.45) is 0 Å². The van der Waals surface area contributed by atoms with Gasteiger partial charge in [0.1, 0.15) is 12.1 Å². The highest BCUT2D eigenvalue weighted by molar-refractivity contribution is 7.89. The van der Waals surface area contributed by atoms with Gasteiger partial charge in [0.2, 0.25) is 10.0 Å². The van der Waals surface area contributed by atoms with E-state index in [1.54, 1.807) is 26.8 Å². The summed E-state index contributed by atoms with van der Waals surface area (Å²) in [5.41, 5.74) is 5.19. The summed E-state index contributed by atoms with van der Waals surface area (Å²) in [6.07, 6.45) is 0. The Balaban J connectivity index is 2.69.